The first-order valence-corrected chi connectivity index (χ1v) is 8.63. The zero-order valence-electron chi connectivity index (χ0n) is 12.4. The molecule has 0 spiro atoms. The number of halogens is 1. The van der Waals surface area contributed by atoms with Crippen molar-refractivity contribution in [1.82, 2.24) is 0 Å². The summed E-state index contributed by atoms with van der Waals surface area (Å²) in [4.78, 5) is 5.99. The molecule has 0 saturated carbocycles. The smallest absolute Gasteiger partial charge is 0.150 e. The molecular weight excluding hydrogens is 325 g/mol. The van der Waals surface area contributed by atoms with Crippen molar-refractivity contribution in [2.45, 2.75) is 25.7 Å². The molecule has 1 aliphatic carbocycles. The average molecular weight is 339 g/mol. The summed E-state index contributed by atoms with van der Waals surface area (Å²) in [6, 6.07) is 8.83. The van der Waals surface area contributed by atoms with E-state index in [1.54, 1.807) is 23.5 Å². The predicted molar refractivity (Wildman–Crippen MR) is 97.0 cm³/mol. The molecule has 0 saturated heterocycles. The molecular formula is C19H14FNS2. The average Bonchev–Trinajstić information content (AvgIpc) is 3.20. The topological polar surface area (TPSA) is 12.4 Å². The molecule has 114 valence electrons. The van der Waals surface area contributed by atoms with Gasteiger partial charge in [-0.15, -0.1) is 11.3 Å². The van der Waals surface area contributed by atoms with Crippen LogP contribution in [0.1, 0.15) is 34.6 Å². The number of nitrogens with zero attached hydrogens (tertiary/aromatic N) is 1. The van der Waals surface area contributed by atoms with Crippen LogP contribution in [-0.2, 0) is 6.42 Å². The molecule has 0 fully saturated rings. The Hall–Kier alpha value is -2.05. The van der Waals surface area contributed by atoms with Crippen molar-refractivity contribution in [3.05, 3.63) is 63.1 Å². The van der Waals surface area contributed by atoms with E-state index in [4.69, 9.17) is 0 Å². The van der Waals surface area contributed by atoms with Gasteiger partial charge in [-0.3, -0.25) is 0 Å². The molecule has 1 nitrogen and oxygen atoms in total. The van der Waals surface area contributed by atoms with E-state index in [1.165, 1.54) is 35.8 Å². The molecule has 0 aliphatic heterocycles. The van der Waals surface area contributed by atoms with E-state index >= 15 is 0 Å². The van der Waals surface area contributed by atoms with Crippen LogP contribution in [0.5, 0.6) is 0 Å². The van der Waals surface area contributed by atoms with Gasteiger partial charge in [0.25, 0.3) is 0 Å². The summed E-state index contributed by atoms with van der Waals surface area (Å²) in [5.41, 5.74) is 2.34. The maximum atomic E-state index is 13.7. The van der Waals surface area contributed by atoms with Crippen LogP contribution in [0.4, 0.5) is 10.1 Å². The Labute approximate surface area is 144 Å². The number of hydrogen-bond acceptors (Lipinski definition) is 3. The molecule has 0 radical (unpaired) electrons. The molecule has 0 N–H and O–H groups in total. The van der Waals surface area contributed by atoms with Crippen molar-refractivity contribution in [3.8, 4) is 11.8 Å². The van der Waals surface area contributed by atoms with Crippen molar-refractivity contribution in [2.75, 3.05) is 0 Å². The lowest BCUT2D eigenvalue weighted by molar-refractivity contribution is 0.629. The summed E-state index contributed by atoms with van der Waals surface area (Å²) in [6.45, 7) is 0. The molecule has 2 aromatic rings. The van der Waals surface area contributed by atoms with E-state index in [1.807, 2.05) is 6.07 Å². The summed E-state index contributed by atoms with van der Waals surface area (Å²) in [6.07, 6.45) is 7.09. The van der Waals surface area contributed by atoms with Gasteiger partial charge in [0.05, 0.1) is 10.0 Å². The van der Waals surface area contributed by atoms with Gasteiger partial charge < -0.3 is 0 Å². The minimum atomic E-state index is -0.436. The standard InChI is InChI=1S/C19H14FNS2/c20-18-12-15(6-10-19(18)21-13-22)5-7-16-8-9-17(23-16)11-14-3-1-2-4-14/h3,6,8-10,12H,1-2,4,11H2. The van der Waals surface area contributed by atoms with E-state index in [9.17, 15) is 4.39 Å². The number of isothiocyanates is 1. The van der Waals surface area contributed by atoms with Gasteiger partial charge in [-0.05, 0) is 61.8 Å². The summed E-state index contributed by atoms with van der Waals surface area (Å²) in [5, 5.41) is 2.16. The second-order valence-corrected chi connectivity index (χ2v) is 6.67. The zero-order valence-corrected chi connectivity index (χ0v) is 14.1. The van der Waals surface area contributed by atoms with E-state index in [0.717, 1.165) is 11.3 Å². The van der Waals surface area contributed by atoms with Crippen molar-refractivity contribution in [2.24, 2.45) is 4.99 Å². The van der Waals surface area contributed by atoms with Crippen molar-refractivity contribution in [3.63, 3.8) is 0 Å². The molecule has 0 bridgehead atoms. The monoisotopic (exact) mass is 339 g/mol. The van der Waals surface area contributed by atoms with E-state index in [0.29, 0.717) is 5.56 Å². The molecule has 4 heteroatoms. The third kappa shape index (κ3) is 4.24. The molecule has 1 aliphatic rings. The number of thiophene rings is 1. The first kappa shape index (κ1) is 15.8. The fourth-order valence-corrected chi connectivity index (χ4v) is 3.53. The van der Waals surface area contributed by atoms with Crippen molar-refractivity contribution >= 4 is 34.4 Å². The van der Waals surface area contributed by atoms with E-state index in [2.05, 4.69) is 46.4 Å². The number of thiocarbonyl (C=S) groups is 1. The number of aliphatic imine (C=N–C) groups is 1. The lowest BCUT2D eigenvalue weighted by atomic mass is 10.1. The number of allylic oxidation sites excluding steroid dienone is 2. The number of benzene rings is 1. The maximum Gasteiger partial charge on any atom is 0.150 e. The third-order valence-electron chi connectivity index (χ3n) is 3.64. The van der Waals surface area contributed by atoms with Gasteiger partial charge in [0.15, 0.2) is 5.82 Å². The molecule has 3 rings (SSSR count). The fraction of sp³-hybridized carbons (Fsp3) is 0.211. The van der Waals surface area contributed by atoms with E-state index < -0.39 is 5.82 Å². The van der Waals surface area contributed by atoms with Crippen LogP contribution in [-0.4, -0.2) is 5.16 Å². The zero-order chi connectivity index (χ0) is 16.1. The minimum absolute atomic E-state index is 0.189. The molecule has 1 heterocycles. The Morgan fingerprint density at radius 1 is 1.22 bits per heavy atom. The summed E-state index contributed by atoms with van der Waals surface area (Å²) >= 11 is 6.19. The number of hydrogen-bond donors (Lipinski definition) is 0. The SMILES string of the molecule is Fc1cc(C#Cc2ccc(CC3=CCCC3)s2)ccc1N=C=S. The second-order valence-electron chi connectivity index (χ2n) is 5.32. The largest absolute Gasteiger partial charge is 0.205 e. The first-order chi connectivity index (χ1) is 11.2. The van der Waals surface area contributed by atoms with Gasteiger partial charge in [-0.25, -0.2) is 4.39 Å². The normalized spacial score (nSPS) is 13.0. The highest BCUT2D eigenvalue weighted by Crippen LogP contribution is 2.25. The van der Waals surface area contributed by atoms with Crippen LogP contribution >= 0.6 is 23.6 Å². The summed E-state index contributed by atoms with van der Waals surface area (Å²) in [7, 11) is 0. The van der Waals surface area contributed by atoms with Gasteiger partial charge in [-0.2, -0.15) is 4.99 Å². The van der Waals surface area contributed by atoms with Crippen LogP contribution in [0, 0.1) is 17.7 Å². The maximum absolute atomic E-state index is 13.7. The minimum Gasteiger partial charge on any atom is -0.205 e. The summed E-state index contributed by atoms with van der Waals surface area (Å²) in [5.74, 6) is 5.66. The fourth-order valence-electron chi connectivity index (χ4n) is 2.52. The lowest BCUT2D eigenvalue weighted by Gasteiger charge is -1.97. The molecule has 1 aromatic heterocycles. The molecule has 0 unspecified atom stereocenters. The van der Waals surface area contributed by atoms with Gasteiger partial charge in [-0.1, -0.05) is 23.5 Å². The number of rotatable bonds is 3. The molecule has 0 atom stereocenters. The predicted octanol–water partition coefficient (Wildman–Crippen LogP) is 5.67. The summed E-state index contributed by atoms with van der Waals surface area (Å²) < 4.78 is 13.7. The quantitative estimate of drug-likeness (QED) is 0.303. The molecule has 23 heavy (non-hydrogen) atoms. The second kappa shape index (κ2) is 7.48. The van der Waals surface area contributed by atoms with Crippen LogP contribution in [0.2, 0.25) is 0 Å². The Balaban J connectivity index is 1.72. The highest BCUT2D eigenvalue weighted by molar-refractivity contribution is 7.78. The van der Waals surface area contributed by atoms with Crippen LogP contribution in [0.3, 0.4) is 0 Å². The van der Waals surface area contributed by atoms with Gasteiger partial charge in [0.1, 0.15) is 5.69 Å². The van der Waals surface area contributed by atoms with Crippen LogP contribution < -0.4 is 0 Å². The third-order valence-corrected chi connectivity index (χ3v) is 4.73. The Bertz CT molecular complexity index is 861. The lowest BCUT2D eigenvalue weighted by Crippen LogP contribution is -1.82. The molecule has 1 aromatic carbocycles. The Morgan fingerprint density at radius 2 is 2.13 bits per heavy atom. The highest BCUT2D eigenvalue weighted by atomic mass is 32.1. The van der Waals surface area contributed by atoms with Crippen LogP contribution in [0.15, 0.2) is 47.0 Å². The first-order valence-electron chi connectivity index (χ1n) is 7.40. The van der Waals surface area contributed by atoms with Gasteiger partial charge >= 0.3 is 0 Å². The van der Waals surface area contributed by atoms with Crippen molar-refractivity contribution in [1.29, 1.82) is 0 Å². The van der Waals surface area contributed by atoms with Gasteiger partial charge in [0, 0.05) is 16.9 Å². The van der Waals surface area contributed by atoms with Crippen molar-refractivity contribution < 1.29 is 4.39 Å². The Kier molecular flexibility index (Phi) is 5.15. The van der Waals surface area contributed by atoms with Crippen LogP contribution in [0.25, 0.3) is 0 Å². The van der Waals surface area contributed by atoms with Gasteiger partial charge in [0.2, 0.25) is 0 Å². The molecule has 0 amide bonds. The Morgan fingerprint density at radius 3 is 2.87 bits per heavy atom. The highest BCUT2D eigenvalue weighted by Gasteiger charge is 2.07. The van der Waals surface area contributed by atoms with E-state index in [-0.39, 0.29) is 5.69 Å².